The zero-order chi connectivity index (χ0) is 15.5. The molecule has 0 spiro atoms. The quantitative estimate of drug-likeness (QED) is 0.796. The first-order valence-corrected chi connectivity index (χ1v) is 7.17. The Bertz CT molecular complexity index is 588. The lowest BCUT2D eigenvalue weighted by Gasteiger charge is -2.32. The number of nitrogens with one attached hydrogen (secondary N) is 1. The Morgan fingerprint density at radius 3 is 2.24 bits per heavy atom. The minimum absolute atomic E-state index is 0.0495. The fraction of sp³-hybridized carbons (Fsp3) is 0.333. The molecule has 2 aromatic rings. The molecule has 0 aliphatic rings. The highest BCUT2D eigenvalue weighted by atomic mass is 16.3. The van der Waals surface area contributed by atoms with Gasteiger partial charge in [0, 0.05) is 24.2 Å². The van der Waals surface area contributed by atoms with Crippen LogP contribution in [0.5, 0.6) is 11.5 Å². The minimum Gasteiger partial charge on any atom is -0.508 e. The van der Waals surface area contributed by atoms with Gasteiger partial charge < -0.3 is 15.5 Å². The van der Waals surface area contributed by atoms with Crippen molar-refractivity contribution >= 4 is 0 Å². The van der Waals surface area contributed by atoms with E-state index in [0.29, 0.717) is 6.54 Å². The van der Waals surface area contributed by atoms with E-state index in [4.69, 9.17) is 0 Å². The molecule has 1 atom stereocenters. The van der Waals surface area contributed by atoms with E-state index in [1.807, 2.05) is 18.2 Å². The number of hydrogen-bond acceptors (Lipinski definition) is 3. The second kappa shape index (κ2) is 6.19. The second-order valence-corrected chi connectivity index (χ2v) is 6.40. The molecule has 112 valence electrons. The highest BCUT2D eigenvalue weighted by molar-refractivity contribution is 5.39. The highest BCUT2D eigenvalue weighted by Crippen LogP contribution is 2.33. The summed E-state index contributed by atoms with van der Waals surface area (Å²) >= 11 is 0. The predicted octanol–water partition coefficient (Wildman–Crippen LogP) is 3.97. The van der Waals surface area contributed by atoms with Crippen LogP contribution in [0.3, 0.4) is 0 Å². The summed E-state index contributed by atoms with van der Waals surface area (Å²) in [6.45, 7) is 7.11. The van der Waals surface area contributed by atoms with Crippen LogP contribution in [0.1, 0.15) is 37.9 Å². The molecule has 0 saturated carbocycles. The summed E-state index contributed by atoms with van der Waals surface area (Å²) in [6.07, 6.45) is 0. The van der Waals surface area contributed by atoms with Crippen molar-refractivity contribution in [1.82, 2.24) is 5.32 Å². The standard InChI is InChI=1S/C18H23NO2/c1-18(2,3)17(13-7-5-4-6-8-13)19-12-14-9-10-15(20)11-16(14)21/h4-11,17,19-21H,12H2,1-3H3. The Hall–Kier alpha value is -2.00. The molecule has 0 radical (unpaired) electrons. The summed E-state index contributed by atoms with van der Waals surface area (Å²) in [6, 6.07) is 15.2. The SMILES string of the molecule is CC(C)(C)C(NCc1ccc(O)cc1O)c1ccccc1. The Kier molecular flexibility index (Phi) is 4.53. The summed E-state index contributed by atoms with van der Waals surface area (Å²) in [5.41, 5.74) is 2.05. The Morgan fingerprint density at radius 1 is 1.00 bits per heavy atom. The Balaban J connectivity index is 2.17. The normalized spacial score (nSPS) is 13.1. The van der Waals surface area contributed by atoms with Crippen LogP contribution in [0.15, 0.2) is 48.5 Å². The van der Waals surface area contributed by atoms with Crippen molar-refractivity contribution in [3.05, 3.63) is 59.7 Å². The van der Waals surface area contributed by atoms with Crippen molar-refractivity contribution in [2.45, 2.75) is 33.4 Å². The topological polar surface area (TPSA) is 52.5 Å². The maximum Gasteiger partial charge on any atom is 0.123 e. The molecule has 0 heterocycles. The van der Waals surface area contributed by atoms with E-state index in [1.165, 1.54) is 11.6 Å². The van der Waals surface area contributed by atoms with Crippen molar-refractivity contribution in [3.8, 4) is 11.5 Å². The summed E-state index contributed by atoms with van der Waals surface area (Å²) < 4.78 is 0. The fourth-order valence-corrected chi connectivity index (χ4v) is 2.48. The molecule has 3 heteroatoms. The fourth-order valence-electron chi connectivity index (χ4n) is 2.48. The van der Waals surface area contributed by atoms with Gasteiger partial charge in [0.1, 0.15) is 11.5 Å². The first kappa shape index (κ1) is 15.4. The Morgan fingerprint density at radius 2 is 1.67 bits per heavy atom. The van der Waals surface area contributed by atoms with Crippen LogP contribution in [-0.2, 0) is 6.54 Å². The van der Waals surface area contributed by atoms with E-state index in [9.17, 15) is 10.2 Å². The highest BCUT2D eigenvalue weighted by Gasteiger charge is 2.25. The number of benzene rings is 2. The van der Waals surface area contributed by atoms with Gasteiger partial charge in [-0.3, -0.25) is 0 Å². The number of rotatable bonds is 4. The van der Waals surface area contributed by atoms with Crippen LogP contribution in [0, 0.1) is 5.41 Å². The van der Waals surface area contributed by atoms with Gasteiger partial charge in [-0.15, -0.1) is 0 Å². The van der Waals surface area contributed by atoms with Crippen LogP contribution in [-0.4, -0.2) is 10.2 Å². The third-order valence-corrected chi connectivity index (χ3v) is 3.56. The molecule has 2 rings (SSSR count). The average Bonchev–Trinajstić information content (AvgIpc) is 2.41. The summed E-state index contributed by atoms with van der Waals surface area (Å²) in [4.78, 5) is 0. The van der Waals surface area contributed by atoms with Crippen molar-refractivity contribution in [2.24, 2.45) is 5.41 Å². The van der Waals surface area contributed by atoms with E-state index in [2.05, 4.69) is 38.2 Å². The summed E-state index contributed by atoms with van der Waals surface area (Å²) in [5, 5.41) is 22.7. The number of hydrogen-bond donors (Lipinski definition) is 3. The molecule has 21 heavy (non-hydrogen) atoms. The lowest BCUT2D eigenvalue weighted by atomic mass is 9.82. The molecular weight excluding hydrogens is 262 g/mol. The molecule has 0 aliphatic carbocycles. The lowest BCUT2D eigenvalue weighted by Crippen LogP contribution is -2.32. The molecule has 0 fully saturated rings. The largest absolute Gasteiger partial charge is 0.508 e. The number of phenols is 2. The maximum absolute atomic E-state index is 9.88. The molecule has 3 N–H and O–H groups in total. The molecule has 1 unspecified atom stereocenters. The van der Waals surface area contributed by atoms with Crippen LogP contribution in [0.25, 0.3) is 0 Å². The van der Waals surface area contributed by atoms with E-state index in [0.717, 1.165) is 5.56 Å². The van der Waals surface area contributed by atoms with Crippen LogP contribution < -0.4 is 5.32 Å². The minimum atomic E-state index is 0.0495. The molecule has 0 aliphatic heterocycles. The smallest absolute Gasteiger partial charge is 0.123 e. The van der Waals surface area contributed by atoms with Crippen molar-refractivity contribution in [3.63, 3.8) is 0 Å². The van der Waals surface area contributed by atoms with E-state index in [-0.39, 0.29) is 23.0 Å². The van der Waals surface area contributed by atoms with Gasteiger partial charge in [-0.2, -0.15) is 0 Å². The van der Waals surface area contributed by atoms with Crippen LogP contribution >= 0.6 is 0 Å². The van der Waals surface area contributed by atoms with E-state index >= 15 is 0 Å². The summed E-state index contributed by atoms with van der Waals surface area (Å²) in [5.74, 6) is 0.190. The molecular formula is C18H23NO2. The van der Waals surface area contributed by atoms with E-state index < -0.39 is 0 Å². The van der Waals surface area contributed by atoms with Gasteiger partial charge in [-0.1, -0.05) is 57.2 Å². The molecule has 0 saturated heterocycles. The molecule has 0 amide bonds. The maximum atomic E-state index is 9.88. The van der Waals surface area contributed by atoms with Gasteiger partial charge in [0.05, 0.1) is 0 Å². The zero-order valence-corrected chi connectivity index (χ0v) is 12.8. The monoisotopic (exact) mass is 285 g/mol. The van der Waals surface area contributed by atoms with Gasteiger partial charge in [0.25, 0.3) is 0 Å². The van der Waals surface area contributed by atoms with Gasteiger partial charge in [0.15, 0.2) is 0 Å². The number of phenolic OH excluding ortho intramolecular Hbond substituents is 2. The first-order chi connectivity index (χ1) is 9.88. The second-order valence-electron chi connectivity index (χ2n) is 6.40. The molecule has 3 nitrogen and oxygen atoms in total. The third-order valence-electron chi connectivity index (χ3n) is 3.56. The molecule has 0 aromatic heterocycles. The predicted molar refractivity (Wildman–Crippen MR) is 85.2 cm³/mol. The zero-order valence-electron chi connectivity index (χ0n) is 12.8. The van der Waals surface area contributed by atoms with Crippen molar-refractivity contribution in [1.29, 1.82) is 0 Å². The van der Waals surface area contributed by atoms with Gasteiger partial charge in [-0.05, 0) is 17.0 Å². The third kappa shape index (κ3) is 3.99. The van der Waals surface area contributed by atoms with Gasteiger partial charge >= 0.3 is 0 Å². The molecule has 0 bridgehead atoms. The number of aromatic hydroxyl groups is 2. The first-order valence-electron chi connectivity index (χ1n) is 7.17. The van der Waals surface area contributed by atoms with E-state index in [1.54, 1.807) is 12.1 Å². The lowest BCUT2D eigenvalue weighted by molar-refractivity contribution is 0.270. The Labute approximate surface area is 126 Å². The van der Waals surface area contributed by atoms with Crippen LogP contribution in [0.2, 0.25) is 0 Å². The van der Waals surface area contributed by atoms with Crippen molar-refractivity contribution in [2.75, 3.05) is 0 Å². The summed E-state index contributed by atoms with van der Waals surface area (Å²) in [7, 11) is 0. The average molecular weight is 285 g/mol. The van der Waals surface area contributed by atoms with Crippen LogP contribution in [0.4, 0.5) is 0 Å². The molecule has 2 aromatic carbocycles. The van der Waals surface area contributed by atoms with Gasteiger partial charge in [-0.25, -0.2) is 0 Å². The van der Waals surface area contributed by atoms with Gasteiger partial charge in [0.2, 0.25) is 0 Å². The van der Waals surface area contributed by atoms with Crippen molar-refractivity contribution < 1.29 is 10.2 Å².